The van der Waals surface area contributed by atoms with E-state index in [2.05, 4.69) is 25.2 Å². The van der Waals surface area contributed by atoms with Crippen LogP contribution in [0.4, 0.5) is 0 Å². The van der Waals surface area contributed by atoms with Crippen LogP contribution in [0.15, 0.2) is 54.1 Å². The summed E-state index contributed by atoms with van der Waals surface area (Å²) in [5.74, 6) is 0. The molecule has 0 fully saturated rings. The molecule has 2 N–H and O–H groups in total. The van der Waals surface area contributed by atoms with E-state index in [0.29, 0.717) is 5.46 Å². The first-order valence-corrected chi connectivity index (χ1v) is 7.25. The van der Waals surface area contributed by atoms with Crippen molar-refractivity contribution in [1.29, 1.82) is 0 Å². The standard InChI is InChI=1S/C17H21BO2/c1-2-3-4-9-14-10-5-6-11-15(14)16-12-7-8-13-17(16)18(19)20/h5-9,11-13,19-20H,2-4,10H2,1H3. The van der Waals surface area contributed by atoms with Crippen LogP contribution < -0.4 is 5.46 Å². The molecule has 0 saturated carbocycles. The maximum absolute atomic E-state index is 9.53. The number of hydrogen-bond donors (Lipinski definition) is 2. The quantitative estimate of drug-likeness (QED) is 0.636. The molecule has 0 bridgehead atoms. The van der Waals surface area contributed by atoms with Gasteiger partial charge in [-0.15, -0.1) is 0 Å². The van der Waals surface area contributed by atoms with Crippen LogP contribution in [-0.2, 0) is 0 Å². The lowest BCUT2D eigenvalue weighted by molar-refractivity contribution is 0.425. The summed E-state index contributed by atoms with van der Waals surface area (Å²) < 4.78 is 0. The number of hydrogen-bond acceptors (Lipinski definition) is 2. The van der Waals surface area contributed by atoms with Crippen molar-refractivity contribution < 1.29 is 10.0 Å². The minimum absolute atomic E-state index is 0.565. The van der Waals surface area contributed by atoms with Crippen molar-refractivity contribution in [2.45, 2.75) is 32.6 Å². The summed E-state index contributed by atoms with van der Waals surface area (Å²) in [6, 6.07) is 7.48. The Balaban J connectivity index is 2.36. The highest BCUT2D eigenvalue weighted by molar-refractivity contribution is 6.59. The molecule has 0 radical (unpaired) electrons. The largest absolute Gasteiger partial charge is 0.489 e. The highest BCUT2D eigenvalue weighted by atomic mass is 16.4. The highest BCUT2D eigenvalue weighted by Gasteiger charge is 2.19. The second kappa shape index (κ2) is 7.27. The van der Waals surface area contributed by atoms with E-state index in [4.69, 9.17) is 0 Å². The fourth-order valence-electron chi connectivity index (χ4n) is 2.48. The van der Waals surface area contributed by atoms with Crippen molar-refractivity contribution in [3.8, 4) is 0 Å². The van der Waals surface area contributed by atoms with E-state index in [1.807, 2.05) is 24.3 Å². The molecule has 0 spiro atoms. The molecule has 2 nitrogen and oxygen atoms in total. The number of unbranched alkanes of at least 4 members (excludes halogenated alkanes) is 2. The van der Waals surface area contributed by atoms with Gasteiger partial charge in [-0.2, -0.15) is 0 Å². The molecule has 104 valence electrons. The van der Waals surface area contributed by atoms with E-state index >= 15 is 0 Å². The Morgan fingerprint density at radius 1 is 1.25 bits per heavy atom. The van der Waals surface area contributed by atoms with Gasteiger partial charge in [-0.3, -0.25) is 0 Å². The van der Waals surface area contributed by atoms with Gasteiger partial charge in [0.15, 0.2) is 0 Å². The SMILES string of the molecule is CCCCC=C1CC=CC=C1c1ccccc1B(O)O. The summed E-state index contributed by atoms with van der Waals surface area (Å²) in [5, 5.41) is 19.1. The second-order valence-corrected chi connectivity index (χ2v) is 5.05. The molecular weight excluding hydrogens is 247 g/mol. The van der Waals surface area contributed by atoms with Gasteiger partial charge in [0.05, 0.1) is 0 Å². The van der Waals surface area contributed by atoms with Crippen LogP contribution in [0.3, 0.4) is 0 Å². The molecule has 0 aromatic heterocycles. The van der Waals surface area contributed by atoms with E-state index in [1.165, 1.54) is 18.4 Å². The maximum Gasteiger partial charge on any atom is 0.489 e. The Hall–Kier alpha value is -1.58. The van der Waals surface area contributed by atoms with E-state index in [0.717, 1.165) is 24.0 Å². The molecule has 0 atom stereocenters. The minimum atomic E-state index is -1.44. The zero-order chi connectivity index (χ0) is 14.4. The molecule has 0 heterocycles. The third kappa shape index (κ3) is 3.50. The van der Waals surface area contributed by atoms with E-state index < -0.39 is 7.12 Å². The minimum Gasteiger partial charge on any atom is -0.423 e. The lowest BCUT2D eigenvalue weighted by atomic mass is 9.73. The molecule has 0 aliphatic heterocycles. The molecule has 2 rings (SSSR count). The molecule has 1 aromatic rings. The van der Waals surface area contributed by atoms with Gasteiger partial charge in [-0.25, -0.2) is 0 Å². The summed E-state index contributed by atoms with van der Waals surface area (Å²) in [7, 11) is -1.44. The maximum atomic E-state index is 9.53. The summed E-state index contributed by atoms with van der Waals surface area (Å²) in [6.45, 7) is 2.19. The third-order valence-electron chi connectivity index (χ3n) is 3.56. The predicted octanol–water partition coefficient (Wildman–Crippen LogP) is 2.83. The summed E-state index contributed by atoms with van der Waals surface area (Å²) in [5.41, 5.74) is 3.85. The van der Waals surface area contributed by atoms with Crippen molar-refractivity contribution in [3.63, 3.8) is 0 Å². The molecule has 0 saturated heterocycles. The molecular formula is C17H21BO2. The molecule has 1 aromatic carbocycles. The monoisotopic (exact) mass is 268 g/mol. The zero-order valence-corrected chi connectivity index (χ0v) is 11.9. The first-order chi connectivity index (χ1) is 9.74. The van der Waals surface area contributed by atoms with Gasteiger partial charge in [0, 0.05) is 0 Å². The lowest BCUT2D eigenvalue weighted by Gasteiger charge is -2.17. The van der Waals surface area contributed by atoms with Gasteiger partial charge >= 0.3 is 7.12 Å². The van der Waals surface area contributed by atoms with E-state index in [-0.39, 0.29) is 0 Å². The van der Waals surface area contributed by atoms with Crippen LogP contribution in [0.2, 0.25) is 0 Å². The fourth-order valence-corrected chi connectivity index (χ4v) is 2.48. The Labute approximate surface area is 121 Å². The van der Waals surface area contributed by atoms with Gasteiger partial charge in [0.1, 0.15) is 0 Å². The van der Waals surface area contributed by atoms with Gasteiger partial charge in [-0.05, 0) is 35.0 Å². The van der Waals surface area contributed by atoms with Gasteiger partial charge in [0.25, 0.3) is 0 Å². The van der Waals surface area contributed by atoms with E-state index in [9.17, 15) is 10.0 Å². The lowest BCUT2D eigenvalue weighted by Crippen LogP contribution is -2.32. The predicted molar refractivity (Wildman–Crippen MR) is 85.6 cm³/mol. The molecule has 0 unspecified atom stereocenters. The van der Waals surface area contributed by atoms with Crippen molar-refractivity contribution >= 4 is 18.2 Å². The summed E-state index contributed by atoms with van der Waals surface area (Å²) in [4.78, 5) is 0. The van der Waals surface area contributed by atoms with Crippen LogP contribution in [0.25, 0.3) is 5.57 Å². The van der Waals surface area contributed by atoms with Gasteiger partial charge in [0.2, 0.25) is 0 Å². The molecule has 1 aliphatic rings. The molecule has 3 heteroatoms. The molecule has 20 heavy (non-hydrogen) atoms. The average Bonchev–Trinajstić information content (AvgIpc) is 2.48. The Morgan fingerprint density at radius 3 is 2.80 bits per heavy atom. The normalized spacial score (nSPS) is 16.4. The Bertz CT molecular complexity index is 542. The summed E-state index contributed by atoms with van der Waals surface area (Å²) >= 11 is 0. The van der Waals surface area contributed by atoms with Crippen LogP contribution in [0.1, 0.15) is 38.2 Å². The average molecular weight is 268 g/mol. The van der Waals surface area contributed by atoms with Crippen molar-refractivity contribution in [3.05, 3.63) is 59.7 Å². The van der Waals surface area contributed by atoms with Gasteiger partial charge < -0.3 is 10.0 Å². The van der Waals surface area contributed by atoms with Crippen LogP contribution in [0, 0.1) is 0 Å². The third-order valence-corrected chi connectivity index (χ3v) is 3.56. The van der Waals surface area contributed by atoms with Crippen molar-refractivity contribution in [1.82, 2.24) is 0 Å². The number of allylic oxidation sites excluding steroid dienone is 6. The van der Waals surface area contributed by atoms with Gasteiger partial charge in [-0.1, -0.05) is 68.3 Å². The Morgan fingerprint density at radius 2 is 2.05 bits per heavy atom. The fraction of sp³-hybridized carbons (Fsp3) is 0.294. The molecule has 0 amide bonds. The van der Waals surface area contributed by atoms with E-state index in [1.54, 1.807) is 6.07 Å². The summed E-state index contributed by atoms with van der Waals surface area (Å²) in [6.07, 6.45) is 12.9. The Kier molecular flexibility index (Phi) is 5.39. The van der Waals surface area contributed by atoms with Crippen LogP contribution in [0.5, 0.6) is 0 Å². The second-order valence-electron chi connectivity index (χ2n) is 5.05. The van der Waals surface area contributed by atoms with Crippen LogP contribution >= 0.6 is 0 Å². The number of benzene rings is 1. The number of rotatable bonds is 5. The first-order valence-electron chi connectivity index (χ1n) is 7.25. The first kappa shape index (κ1) is 14.8. The highest BCUT2D eigenvalue weighted by Crippen LogP contribution is 2.28. The molecule has 1 aliphatic carbocycles. The van der Waals surface area contributed by atoms with Crippen molar-refractivity contribution in [2.75, 3.05) is 0 Å². The van der Waals surface area contributed by atoms with Crippen LogP contribution in [-0.4, -0.2) is 17.2 Å². The van der Waals surface area contributed by atoms with Crippen molar-refractivity contribution in [2.24, 2.45) is 0 Å². The smallest absolute Gasteiger partial charge is 0.423 e. The topological polar surface area (TPSA) is 40.5 Å². The zero-order valence-electron chi connectivity index (χ0n) is 11.9.